The second-order valence-corrected chi connectivity index (χ2v) is 4.52. The number of pyridine rings is 1. The molecule has 1 aromatic heterocycles. The molecule has 18 heavy (non-hydrogen) atoms. The van der Waals surface area contributed by atoms with Gasteiger partial charge in [0, 0.05) is 11.1 Å². The number of benzene rings is 1. The van der Waals surface area contributed by atoms with Crippen molar-refractivity contribution in [3.8, 4) is 5.88 Å². The zero-order valence-corrected chi connectivity index (χ0v) is 11.0. The van der Waals surface area contributed by atoms with Gasteiger partial charge in [-0.15, -0.1) is 0 Å². The van der Waals surface area contributed by atoms with E-state index in [-0.39, 0.29) is 4.99 Å². The van der Waals surface area contributed by atoms with E-state index in [9.17, 15) is 0 Å². The average Bonchev–Trinajstić information content (AvgIpc) is 2.38. The van der Waals surface area contributed by atoms with Crippen LogP contribution in [0.5, 0.6) is 5.88 Å². The van der Waals surface area contributed by atoms with E-state index in [0.717, 1.165) is 5.56 Å². The fraction of sp³-hybridized carbons (Fsp3) is 0.0769. The van der Waals surface area contributed by atoms with Crippen LogP contribution in [-0.4, -0.2) is 9.97 Å². The van der Waals surface area contributed by atoms with Crippen LogP contribution >= 0.6 is 23.8 Å². The molecule has 0 aliphatic heterocycles. The van der Waals surface area contributed by atoms with Gasteiger partial charge in [-0.1, -0.05) is 42.0 Å². The minimum absolute atomic E-state index is 0.256. The molecule has 92 valence electrons. The first-order valence-electron chi connectivity index (χ1n) is 5.29. The summed E-state index contributed by atoms with van der Waals surface area (Å²) in [5.41, 5.74) is 7.08. The third-order valence-electron chi connectivity index (χ3n) is 2.28. The van der Waals surface area contributed by atoms with Crippen molar-refractivity contribution in [2.75, 3.05) is 0 Å². The molecule has 0 atom stereocenters. The summed E-state index contributed by atoms with van der Waals surface area (Å²) in [5.74, 6) is 0.496. The van der Waals surface area contributed by atoms with Crippen LogP contribution in [-0.2, 0) is 6.61 Å². The Kier molecular flexibility index (Phi) is 4.12. The molecule has 0 spiro atoms. The molecule has 2 N–H and O–H groups in total. The third kappa shape index (κ3) is 3.42. The van der Waals surface area contributed by atoms with Gasteiger partial charge in [0.1, 0.15) is 17.3 Å². The van der Waals surface area contributed by atoms with Gasteiger partial charge in [-0.25, -0.2) is 4.98 Å². The highest BCUT2D eigenvalue weighted by Crippen LogP contribution is 2.13. The SMILES string of the molecule is NC(=S)c1cccc(OCc2ccc(Cl)cc2)n1. The number of thiocarbonyl (C=S) groups is 1. The third-order valence-corrected chi connectivity index (χ3v) is 2.74. The van der Waals surface area contributed by atoms with Crippen LogP contribution in [0.2, 0.25) is 5.02 Å². The quantitative estimate of drug-likeness (QED) is 0.874. The number of ether oxygens (including phenoxy) is 1. The van der Waals surface area contributed by atoms with Gasteiger partial charge in [-0.2, -0.15) is 0 Å². The lowest BCUT2D eigenvalue weighted by Gasteiger charge is -2.06. The van der Waals surface area contributed by atoms with Crippen molar-refractivity contribution in [3.63, 3.8) is 0 Å². The molecule has 2 aromatic rings. The smallest absolute Gasteiger partial charge is 0.214 e. The van der Waals surface area contributed by atoms with E-state index in [4.69, 9.17) is 34.3 Å². The van der Waals surface area contributed by atoms with Crippen molar-refractivity contribution in [3.05, 3.63) is 58.7 Å². The fourth-order valence-electron chi connectivity index (χ4n) is 1.37. The number of nitrogens with two attached hydrogens (primary N) is 1. The van der Waals surface area contributed by atoms with Gasteiger partial charge >= 0.3 is 0 Å². The Morgan fingerprint density at radius 2 is 1.94 bits per heavy atom. The van der Waals surface area contributed by atoms with Gasteiger partial charge in [0.25, 0.3) is 0 Å². The van der Waals surface area contributed by atoms with Crippen LogP contribution in [0.4, 0.5) is 0 Å². The van der Waals surface area contributed by atoms with E-state index < -0.39 is 0 Å². The zero-order valence-electron chi connectivity index (χ0n) is 9.47. The van der Waals surface area contributed by atoms with E-state index in [2.05, 4.69) is 4.98 Å². The number of nitrogens with zero attached hydrogens (tertiary/aromatic N) is 1. The molecule has 0 unspecified atom stereocenters. The summed E-state index contributed by atoms with van der Waals surface area (Å²) in [6.07, 6.45) is 0. The molecule has 0 amide bonds. The first-order valence-corrected chi connectivity index (χ1v) is 6.08. The largest absolute Gasteiger partial charge is 0.473 e. The average molecular weight is 279 g/mol. The maximum Gasteiger partial charge on any atom is 0.214 e. The van der Waals surface area contributed by atoms with Gasteiger partial charge in [-0.3, -0.25) is 0 Å². The highest BCUT2D eigenvalue weighted by molar-refractivity contribution is 7.80. The molecule has 0 fully saturated rings. The molecule has 1 heterocycles. The standard InChI is InChI=1S/C13H11ClN2OS/c14-10-6-4-9(5-7-10)8-17-12-3-1-2-11(16-12)13(15)18/h1-7H,8H2,(H2,15,18). The summed E-state index contributed by atoms with van der Waals surface area (Å²) in [6.45, 7) is 0.422. The zero-order chi connectivity index (χ0) is 13.0. The minimum Gasteiger partial charge on any atom is -0.473 e. The Bertz CT molecular complexity index is 557. The Morgan fingerprint density at radius 3 is 2.61 bits per heavy atom. The normalized spacial score (nSPS) is 10.1. The van der Waals surface area contributed by atoms with Gasteiger partial charge < -0.3 is 10.5 Å². The van der Waals surface area contributed by atoms with E-state index in [1.807, 2.05) is 24.3 Å². The van der Waals surface area contributed by atoms with Gasteiger partial charge in [0.05, 0.1) is 0 Å². The van der Waals surface area contributed by atoms with E-state index >= 15 is 0 Å². The molecular formula is C13H11ClN2OS. The molecule has 0 bridgehead atoms. The molecule has 0 saturated carbocycles. The summed E-state index contributed by atoms with van der Waals surface area (Å²) < 4.78 is 5.55. The molecule has 5 heteroatoms. The minimum atomic E-state index is 0.256. The summed E-state index contributed by atoms with van der Waals surface area (Å²) in [7, 11) is 0. The lowest BCUT2D eigenvalue weighted by atomic mass is 10.2. The van der Waals surface area contributed by atoms with Crippen LogP contribution < -0.4 is 10.5 Å². The lowest BCUT2D eigenvalue weighted by Crippen LogP contribution is -2.11. The number of rotatable bonds is 4. The second-order valence-electron chi connectivity index (χ2n) is 3.64. The summed E-state index contributed by atoms with van der Waals surface area (Å²) in [6, 6.07) is 12.8. The van der Waals surface area contributed by atoms with Crippen molar-refractivity contribution in [1.82, 2.24) is 4.98 Å². The summed E-state index contributed by atoms with van der Waals surface area (Å²) in [4.78, 5) is 4.45. The van der Waals surface area contributed by atoms with Crippen LogP contribution in [0.25, 0.3) is 0 Å². The molecule has 3 nitrogen and oxygen atoms in total. The predicted octanol–water partition coefficient (Wildman–Crippen LogP) is 2.95. The topological polar surface area (TPSA) is 48.1 Å². The number of aromatic nitrogens is 1. The van der Waals surface area contributed by atoms with Crippen molar-refractivity contribution < 1.29 is 4.74 Å². The van der Waals surface area contributed by atoms with Crippen molar-refractivity contribution in [2.45, 2.75) is 6.61 Å². The van der Waals surface area contributed by atoms with Crippen molar-refractivity contribution in [2.24, 2.45) is 5.73 Å². The maximum atomic E-state index is 5.80. The molecule has 0 aliphatic carbocycles. The van der Waals surface area contributed by atoms with Crippen molar-refractivity contribution >= 4 is 28.8 Å². The second kappa shape index (κ2) is 5.80. The lowest BCUT2D eigenvalue weighted by molar-refractivity contribution is 0.294. The highest BCUT2D eigenvalue weighted by Gasteiger charge is 2.01. The first-order chi connectivity index (χ1) is 8.65. The Balaban J connectivity index is 2.04. The number of hydrogen-bond donors (Lipinski definition) is 1. The summed E-state index contributed by atoms with van der Waals surface area (Å²) in [5, 5.41) is 0.701. The van der Waals surface area contributed by atoms with Crippen LogP contribution in [0, 0.1) is 0 Å². The Labute approximate surface area is 116 Å². The molecule has 0 aliphatic rings. The van der Waals surface area contributed by atoms with Gasteiger partial charge in [-0.05, 0) is 23.8 Å². The molecule has 0 radical (unpaired) electrons. The van der Waals surface area contributed by atoms with E-state index in [0.29, 0.717) is 23.2 Å². The van der Waals surface area contributed by atoms with Crippen molar-refractivity contribution in [1.29, 1.82) is 0 Å². The number of halogens is 1. The molecular weight excluding hydrogens is 268 g/mol. The first kappa shape index (κ1) is 12.8. The summed E-state index contributed by atoms with van der Waals surface area (Å²) >= 11 is 10.7. The molecule has 2 rings (SSSR count). The Morgan fingerprint density at radius 1 is 1.22 bits per heavy atom. The number of hydrogen-bond acceptors (Lipinski definition) is 3. The molecule has 0 saturated heterocycles. The fourth-order valence-corrected chi connectivity index (χ4v) is 1.61. The highest BCUT2D eigenvalue weighted by atomic mass is 35.5. The predicted molar refractivity (Wildman–Crippen MR) is 75.9 cm³/mol. The van der Waals surface area contributed by atoms with Gasteiger partial charge in [0.15, 0.2) is 0 Å². The maximum absolute atomic E-state index is 5.80. The van der Waals surface area contributed by atoms with Gasteiger partial charge in [0.2, 0.25) is 5.88 Å². The van der Waals surface area contributed by atoms with Crippen LogP contribution in [0.15, 0.2) is 42.5 Å². The van der Waals surface area contributed by atoms with Crippen LogP contribution in [0.1, 0.15) is 11.3 Å². The molecule has 1 aromatic carbocycles. The van der Waals surface area contributed by atoms with Crippen LogP contribution in [0.3, 0.4) is 0 Å². The Hall–Kier alpha value is -1.65. The van der Waals surface area contributed by atoms with E-state index in [1.54, 1.807) is 18.2 Å². The monoisotopic (exact) mass is 278 g/mol. The van der Waals surface area contributed by atoms with E-state index in [1.165, 1.54) is 0 Å².